The fraction of sp³-hybridized carbons (Fsp3) is 0.188. The highest BCUT2D eigenvalue weighted by Gasteiger charge is 2.16. The predicted molar refractivity (Wildman–Crippen MR) is 77.4 cm³/mol. The van der Waals surface area contributed by atoms with Gasteiger partial charge in [-0.3, -0.25) is 4.79 Å². The first-order chi connectivity index (χ1) is 9.02. The van der Waals surface area contributed by atoms with Crippen molar-refractivity contribution in [3.05, 3.63) is 63.7 Å². The van der Waals surface area contributed by atoms with Crippen LogP contribution in [0.5, 0.6) is 5.75 Å². The average Bonchev–Trinajstić information content (AvgIpc) is 2.38. The Labute approximate surface area is 118 Å². The molecule has 0 saturated heterocycles. The number of carbonyl (C=O) groups excluding carboxylic acids is 1. The third-order valence-electron chi connectivity index (χ3n) is 3.03. The van der Waals surface area contributed by atoms with Crippen LogP contribution in [0, 0.1) is 13.8 Å². The number of rotatable bonds is 3. The molecule has 98 valence electrons. The van der Waals surface area contributed by atoms with Gasteiger partial charge in [0.2, 0.25) is 0 Å². The van der Waals surface area contributed by atoms with Crippen molar-refractivity contribution in [1.29, 1.82) is 0 Å². The van der Waals surface area contributed by atoms with E-state index in [-0.39, 0.29) is 5.78 Å². The molecule has 2 rings (SSSR count). The smallest absolute Gasteiger partial charge is 0.197 e. The Balaban J connectivity index is 2.52. The van der Waals surface area contributed by atoms with Gasteiger partial charge in [0.1, 0.15) is 5.75 Å². The monoisotopic (exact) mass is 274 g/mol. The van der Waals surface area contributed by atoms with E-state index in [1.807, 2.05) is 32.0 Å². The SMILES string of the molecule is COc1ccc(Cl)cc1C(=O)c1ccc(C)cc1C. The summed E-state index contributed by atoms with van der Waals surface area (Å²) in [6, 6.07) is 10.8. The summed E-state index contributed by atoms with van der Waals surface area (Å²) in [6.45, 7) is 3.93. The first-order valence-electron chi connectivity index (χ1n) is 5.98. The molecule has 0 amide bonds. The molecule has 0 radical (unpaired) electrons. The average molecular weight is 275 g/mol. The highest BCUT2D eigenvalue weighted by Crippen LogP contribution is 2.26. The van der Waals surface area contributed by atoms with Gasteiger partial charge in [-0.15, -0.1) is 0 Å². The third kappa shape index (κ3) is 2.79. The highest BCUT2D eigenvalue weighted by molar-refractivity contribution is 6.31. The Morgan fingerprint density at radius 1 is 1.05 bits per heavy atom. The standard InChI is InChI=1S/C16H15ClO2/c1-10-4-6-13(11(2)8-10)16(18)14-9-12(17)5-7-15(14)19-3/h4-9H,1-3H3. The van der Waals surface area contributed by atoms with Crippen LogP contribution in [-0.4, -0.2) is 12.9 Å². The minimum absolute atomic E-state index is 0.0724. The van der Waals surface area contributed by atoms with Crippen molar-refractivity contribution in [3.8, 4) is 5.75 Å². The second-order valence-electron chi connectivity index (χ2n) is 4.49. The van der Waals surface area contributed by atoms with Gasteiger partial charge in [0.05, 0.1) is 12.7 Å². The van der Waals surface area contributed by atoms with Crippen LogP contribution in [0.25, 0.3) is 0 Å². The molecule has 0 heterocycles. The van der Waals surface area contributed by atoms with Crippen LogP contribution >= 0.6 is 11.6 Å². The molecule has 0 N–H and O–H groups in total. The maximum Gasteiger partial charge on any atom is 0.197 e. The number of benzene rings is 2. The zero-order valence-electron chi connectivity index (χ0n) is 11.2. The van der Waals surface area contributed by atoms with E-state index in [1.165, 1.54) is 0 Å². The second kappa shape index (κ2) is 5.45. The Hall–Kier alpha value is -1.80. The lowest BCUT2D eigenvalue weighted by Crippen LogP contribution is -2.06. The Morgan fingerprint density at radius 3 is 2.42 bits per heavy atom. The van der Waals surface area contributed by atoms with Crippen molar-refractivity contribution in [2.24, 2.45) is 0 Å². The second-order valence-corrected chi connectivity index (χ2v) is 4.93. The van der Waals surface area contributed by atoms with E-state index in [2.05, 4.69) is 0 Å². The molecular formula is C16H15ClO2. The molecule has 19 heavy (non-hydrogen) atoms. The van der Waals surface area contributed by atoms with Gasteiger partial charge in [-0.1, -0.05) is 35.4 Å². The Morgan fingerprint density at radius 2 is 1.79 bits per heavy atom. The number of ketones is 1. The van der Waals surface area contributed by atoms with Crippen molar-refractivity contribution in [2.45, 2.75) is 13.8 Å². The molecule has 0 saturated carbocycles. The first kappa shape index (κ1) is 13.6. The fourth-order valence-corrected chi connectivity index (χ4v) is 2.24. The Bertz CT molecular complexity index is 633. The maximum atomic E-state index is 12.6. The van der Waals surface area contributed by atoms with Crippen LogP contribution in [0.4, 0.5) is 0 Å². The highest BCUT2D eigenvalue weighted by atomic mass is 35.5. The lowest BCUT2D eigenvalue weighted by Gasteiger charge is -2.10. The largest absolute Gasteiger partial charge is 0.496 e. The normalized spacial score (nSPS) is 10.3. The number of carbonyl (C=O) groups is 1. The van der Waals surface area contributed by atoms with E-state index in [4.69, 9.17) is 16.3 Å². The van der Waals surface area contributed by atoms with Crippen molar-refractivity contribution >= 4 is 17.4 Å². The van der Waals surface area contributed by atoms with Crippen molar-refractivity contribution in [2.75, 3.05) is 7.11 Å². The lowest BCUT2D eigenvalue weighted by molar-refractivity contribution is 0.103. The summed E-state index contributed by atoms with van der Waals surface area (Å²) in [5, 5.41) is 0.522. The number of ether oxygens (including phenoxy) is 1. The molecule has 0 aliphatic carbocycles. The molecule has 0 unspecified atom stereocenters. The molecule has 0 aromatic heterocycles. The predicted octanol–water partition coefficient (Wildman–Crippen LogP) is 4.20. The van der Waals surface area contributed by atoms with E-state index >= 15 is 0 Å². The van der Waals surface area contributed by atoms with Crippen LogP contribution in [-0.2, 0) is 0 Å². The molecule has 2 aromatic rings. The molecule has 0 aliphatic heterocycles. The van der Waals surface area contributed by atoms with E-state index < -0.39 is 0 Å². The van der Waals surface area contributed by atoms with E-state index in [0.29, 0.717) is 21.9 Å². The Kier molecular flexibility index (Phi) is 3.91. The quantitative estimate of drug-likeness (QED) is 0.784. The molecule has 0 bridgehead atoms. The maximum absolute atomic E-state index is 12.6. The van der Waals surface area contributed by atoms with Crippen LogP contribution in [0.15, 0.2) is 36.4 Å². The number of aryl methyl sites for hydroxylation is 2. The first-order valence-corrected chi connectivity index (χ1v) is 6.36. The van der Waals surface area contributed by atoms with Crippen molar-refractivity contribution in [3.63, 3.8) is 0 Å². The van der Waals surface area contributed by atoms with Gasteiger partial charge < -0.3 is 4.74 Å². The fourth-order valence-electron chi connectivity index (χ4n) is 2.07. The number of halogens is 1. The van der Waals surface area contributed by atoms with E-state index in [0.717, 1.165) is 11.1 Å². The molecule has 0 aliphatic rings. The zero-order chi connectivity index (χ0) is 14.0. The van der Waals surface area contributed by atoms with Crippen LogP contribution in [0.3, 0.4) is 0 Å². The lowest BCUT2D eigenvalue weighted by atomic mass is 9.97. The minimum Gasteiger partial charge on any atom is -0.496 e. The van der Waals surface area contributed by atoms with Gasteiger partial charge in [-0.25, -0.2) is 0 Å². The van der Waals surface area contributed by atoms with Gasteiger partial charge in [0, 0.05) is 10.6 Å². The number of methoxy groups -OCH3 is 1. The van der Waals surface area contributed by atoms with Crippen LogP contribution in [0.2, 0.25) is 5.02 Å². The van der Waals surface area contributed by atoms with Gasteiger partial charge >= 0.3 is 0 Å². The molecule has 3 heteroatoms. The van der Waals surface area contributed by atoms with Crippen LogP contribution in [0.1, 0.15) is 27.0 Å². The molecule has 2 nitrogen and oxygen atoms in total. The molecule has 0 atom stereocenters. The zero-order valence-corrected chi connectivity index (χ0v) is 11.9. The van der Waals surface area contributed by atoms with Crippen LogP contribution < -0.4 is 4.74 Å². The third-order valence-corrected chi connectivity index (χ3v) is 3.27. The summed E-state index contributed by atoms with van der Waals surface area (Å²) in [4.78, 5) is 12.6. The van der Waals surface area contributed by atoms with Crippen molar-refractivity contribution in [1.82, 2.24) is 0 Å². The number of hydrogen-bond acceptors (Lipinski definition) is 2. The minimum atomic E-state index is -0.0724. The topological polar surface area (TPSA) is 26.3 Å². The summed E-state index contributed by atoms with van der Waals surface area (Å²) >= 11 is 5.96. The molecule has 0 fully saturated rings. The molecule has 2 aromatic carbocycles. The van der Waals surface area contributed by atoms with Gasteiger partial charge in [-0.05, 0) is 37.6 Å². The summed E-state index contributed by atoms with van der Waals surface area (Å²) in [6.07, 6.45) is 0. The van der Waals surface area contributed by atoms with Gasteiger partial charge in [0.25, 0.3) is 0 Å². The molecule has 0 spiro atoms. The summed E-state index contributed by atoms with van der Waals surface area (Å²) < 4.78 is 5.23. The summed E-state index contributed by atoms with van der Waals surface area (Å²) in [5.74, 6) is 0.464. The van der Waals surface area contributed by atoms with E-state index in [1.54, 1.807) is 25.3 Å². The number of hydrogen-bond donors (Lipinski definition) is 0. The molecular weight excluding hydrogens is 260 g/mol. The van der Waals surface area contributed by atoms with Gasteiger partial charge in [-0.2, -0.15) is 0 Å². The summed E-state index contributed by atoms with van der Waals surface area (Å²) in [5.41, 5.74) is 3.24. The van der Waals surface area contributed by atoms with E-state index in [9.17, 15) is 4.79 Å². The van der Waals surface area contributed by atoms with Crippen molar-refractivity contribution < 1.29 is 9.53 Å². The summed E-state index contributed by atoms with van der Waals surface area (Å²) in [7, 11) is 1.54. The van der Waals surface area contributed by atoms with Gasteiger partial charge in [0.15, 0.2) is 5.78 Å².